The second-order valence-corrected chi connectivity index (χ2v) is 4.42. The minimum absolute atomic E-state index is 0.210. The Kier molecular flexibility index (Phi) is 3.28. The molecule has 0 aromatic heterocycles. The lowest BCUT2D eigenvalue weighted by Gasteiger charge is -2.20. The van der Waals surface area contributed by atoms with Crippen LogP contribution in [0.2, 0.25) is 0 Å². The maximum absolute atomic E-state index is 11.0. The molecule has 0 saturated carbocycles. The van der Waals surface area contributed by atoms with Crippen molar-refractivity contribution in [2.75, 3.05) is 25.0 Å². The van der Waals surface area contributed by atoms with Gasteiger partial charge in [0.2, 0.25) is 0 Å². The Labute approximate surface area is 101 Å². The number of likely N-dealkylation sites (N-methyl/N-ethyl adjacent to an activating group) is 1. The van der Waals surface area contributed by atoms with E-state index in [0.29, 0.717) is 6.04 Å². The molecule has 1 saturated heterocycles. The number of nitro groups is 1. The van der Waals surface area contributed by atoms with E-state index in [1.807, 2.05) is 20.0 Å². The number of nitro benzene ring substituents is 1. The molecule has 1 atom stereocenters. The van der Waals surface area contributed by atoms with Gasteiger partial charge in [0.25, 0.3) is 5.69 Å². The number of aryl methyl sites for hydroxylation is 1. The Morgan fingerprint density at radius 1 is 1.53 bits per heavy atom. The van der Waals surface area contributed by atoms with Gasteiger partial charge in [-0.05, 0) is 26.0 Å². The quantitative estimate of drug-likeness (QED) is 0.640. The number of para-hydroxylation sites is 1. The third-order valence-electron chi connectivity index (χ3n) is 3.33. The molecule has 1 unspecified atom stereocenters. The van der Waals surface area contributed by atoms with Gasteiger partial charge in [-0.3, -0.25) is 10.1 Å². The predicted molar refractivity (Wildman–Crippen MR) is 67.5 cm³/mol. The third kappa shape index (κ3) is 2.24. The summed E-state index contributed by atoms with van der Waals surface area (Å²) in [5, 5.41) is 14.3. The van der Waals surface area contributed by atoms with Gasteiger partial charge in [0.15, 0.2) is 0 Å². The highest BCUT2D eigenvalue weighted by atomic mass is 16.6. The van der Waals surface area contributed by atoms with Crippen LogP contribution in [-0.4, -0.2) is 31.1 Å². The lowest BCUT2D eigenvalue weighted by atomic mass is 10.1. The van der Waals surface area contributed by atoms with Crippen molar-refractivity contribution in [3.63, 3.8) is 0 Å². The van der Waals surface area contributed by atoms with E-state index in [1.54, 1.807) is 12.1 Å². The van der Waals surface area contributed by atoms with E-state index in [2.05, 4.69) is 10.2 Å². The number of hydrogen-bond acceptors (Lipinski definition) is 4. The molecule has 1 aromatic rings. The van der Waals surface area contributed by atoms with Gasteiger partial charge in [-0.15, -0.1) is 0 Å². The zero-order chi connectivity index (χ0) is 12.4. The van der Waals surface area contributed by atoms with Crippen LogP contribution in [0.5, 0.6) is 0 Å². The lowest BCUT2D eigenvalue weighted by Crippen LogP contribution is -2.30. The molecule has 17 heavy (non-hydrogen) atoms. The average Bonchev–Trinajstić information content (AvgIpc) is 2.76. The maximum Gasteiger partial charge on any atom is 0.292 e. The fraction of sp³-hybridized carbons (Fsp3) is 0.500. The highest BCUT2D eigenvalue weighted by Gasteiger charge is 2.27. The monoisotopic (exact) mass is 235 g/mol. The number of nitrogens with zero attached hydrogens (tertiary/aromatic N) is 2. The molecule has 92 valence electrons. The van der Waals surface area contributed by atoms with Crippen molar-refractivity contribution in [2.45, 2.75) is 19.4 Å². The van der Waals surface area contributed by atoms with Gasteiger partial charge in [0, 0.05) is 25.2 Å². The summed E-state index contributed by atoms with van der Waals surface area (Å²) in [5.41, 5.74) is 1.95. The van der Waals surface area contributed by atoms with Gasteiger partial charge in [-0.25, -0.2) is 0 Å². The molecule has 2 rings (SSSR count). The van der Waals surface area contributed by atoms with Gasteiger partial charge in [-0.2, -0.15) is 0 Å². The molecule has 0 amide bonds. The van der Waals surface area contributed by atoms with Crippen LogP contribution >= 0.6 is 0 Å². The van der Waals surface area contributed by atoms with Crippen LogP contribution in [-0.2, 0) is 0 Å². The first-order chi connectivity index (χ1) is 8.13. The maximum atomic E-state index is 11.0. The molecule has 5 nitrogen and oxygen atoms in total. The van der Waals surface area contributed by atoms with Gasteiger partial charge < -0.3 is 10.2 Å². The van der Waals surface area contributed by atoms with Crippen molar-refractivity contribution in [1.82, 2.24) is 5.32 Å². The summed E-state index contributed by atoms with van der Waals surface area (Å²) in [6.07, 6.45) is 1.03. The summed E-state index contributed by atoms with van der Waals surface area (Å²) in [5.74, 6) is 0. The molecule has 0 aliphatic carbocycles. The Balaban J connectivity index is 2.34. The molecule has 1 aromatic carbocycles. The summed E-state index contributed by atoms with van der Waals surface area (Å²) in [4.78, 5) is 12.9. The van der Waals surface area contributed by atoms with Gasteiger partial charge >= 0.3 is 0 Å². The number of benzene rings is 1. The van der Waals surface area contributed by atoms with E-state index in [-0.39, 0.29) is 10.6 Å². The van der Waals surface area contributed by atoms with Crippen LogP contribution in [0.25, 0.3) is 0 Å². The first-order valence-corrected chi connectivity index (χ1v) is 5.79. The van der Waals surface area contributed by atoms with Crippen LogP contribution < -0.4 is 10.2 Å². The molecule has 1 heterocycles. The van der Waals surface area contributed by atoms with Crippen molar-refractivity contribution < 1.29 is 4.92 Å². The van der Waals surface area contributed by atoms with Crippen LogP contribution in [0.15, 0.2) is 18.2 Å². The Bertz CT molecular complexity index is 434. The minimum atomic E-state index is -0.297. The zero-order valence-electron chi connectivity index (χ0n) is 10.1. The molecule has 0 spiro atoms. The van der Waals surface area contributed by atoms with E-state index in [1.165, 1.54) is 0 Å². The lowest BCUT2D eigenvalue weighted by molar-refractivity contribution is -0.384. The van der Waals surface area contributed by atoms with Crippen LogP contribution in [0.1, 0.15) is 12.0 Å². The average molecular weight is 235 g/mol. The number of hydrogen-bond donors (Lipinski definition) is 1. The smallest absolute Gasteiger partial charge is 0.292 e. The van der Waals surface area contributed by atoms with Gasteiger partial charge in [0.05, 0.1) is 4.92 Å². The van der Waals surface area contributed by atoms with Crippen molar-refractivity contribution in [3.05, 3.63) is 33.9 Å². The topological polar surface area (TPSA) is 58.4 Å². The number of nitrogens with one attached hydrogen (secondary N) is 1. The standard InChI is InChI=1S/C12H17N3O2/c1-9-4-3-5-11(15(16)17)12(9)14-7-6-10(8-14)13-2/h3-5,10,13H,6-8H2,1-2H3. The molecule has 1 aliphatic rings. The fourth-order valence-corrected chi connectivity index (χ4v) is 2.40. The molecular weight excluding hydrogens is 218 g/mol. The van der Waals surface area contributed by atoms with Gasteiger partial charge in [0.1, 0.15) is 5.69 Å². The zero-order valence-corrected chi connectivity index (χ0v) is 10.1. The molecule has 1 N–H and O–H groups in total. The van der Waals surface area contributed by atoms with Crippen molar-refractivity contribution in [1.29, 1.82) is 0 Å². The van der Waals surface area contributed by atoms with Crippen molar-refractivity contribution in [2.24, 2.45) is 0 Å². The molecule has 1 fully saturated rings. The normalized spacial score (nSPS) is 19.6. The molecule has 0 radical (unpaired) electrons. The highest BCUT2D eigenvalue weighted by Crippen LogP contribution is 2.33. The van der Waals surface area contributed by atoms with Crippen LogP contribution in [0, 0.1) is 17.0 Å². The minimum Gasteiger partial charge on any atom is -0.364 e. The molecular formula is C12H17N3O2. The molecule has 5 heteroatoms. The molecule has 1 aliphatic heterocycles. The Morgan fingerprint density at radius 3 is 2.88 bits per heavy atom. The second-order valence-electron chi connectivity index (χ2n) is 4.42. The summed E-state index contributed by atoms with van der Waals surface area (Å²) in [7, 11) is 1.93. The summed E-state index contributed by atoms with van der Waals surface area (Å²) in [6.45, 7) is 3.63. The van der Waals surface area contributed by atoms with Gasteiger partial charge in [-0.1, -0.05) is 12.1 Å². The second kappa shape index (κ2) is 4.71. The largest absolute Gasteiger partial charge is 0.364 e. The van der Waals surface area contributed by atoms with Crippen LogP contribution in [0.4, 0.5) is 11.4 Å². The van der Waals surface area contributed by atoms with E-state index in [4.69, 9.17) is 0 Å². The SMILES string of the molecule is CNC1CCN(c2c(C)cccc2[N+](=O)[O-])C1. The first kappa shape index (κ1) is 11.9. The van der Waals surface area contributed by atoms with Crippen LogP contribution in [0.3, 0.4) is 0 Å². The first-order valence-electron chi connectivity index (χ1n) is 5.79. The summed E-state index contributed by atoms with van der Waals surface area (Å²) in [6, 6.07) is 5.67. The number of rotatable bonds is 3. The Morgan fingerprint density at radius 2 is 2.29 bits per heavy atom. The molecule has 0 bridgehead atoms. The third-order valence-corrected chi connectivity index (χ3v) is 3.33. The van der Waals surface area contributed by atoms with Crippen molar-refractivity contribution in [3.8, 4) is 0 Å². The van der Waals surface area contributed by atoms with E-state index in [0.717, 1.165) is 30.8 Å². The summed E-state index contributed by atoms with van der Waals surface area (Å²) < 4.78 is 0. The van der Waals surface area contributed by atoms with E-state index >= 15 is 0 Å². The Hall–Kier alpha value is -1.62. The summed E-state index contributed by atoms with van der Waals surface area (Å²) >= 11 is 0. The fourth-order valence-electron chi connectivity index (χ4n) is 2.40. The van der Waals surface area contributed by atoms with E-state index in [9.17, 15) is 10.1 Å². The highest BCUT2D eigenvalue weighted by molar-refractivity contribution is 5.68. The number of anilines is 1. The van der Waals surface area contributed by atoms with E-state index < -0.39 is 0 Å². The van der Waals surface area contributed by atoms with Crippen molar-refractivity contribution >= 4 is 11.4 Å². The predicted octanol–water partition coefficient (Wildman–Crippen LogP) is 1.70.